The van der Waals surface area contributed by atoms with Gasteiger partial charge < -0.3 is 15.5 Å². The van der Waals surface area contributed by atoms with Crippen LogP contribution in [0.15, 0.2) is 84.9 Å². The number of hydrogen-bond donors (Lipinski definition) is 2. The van der Waals surface area contributed by atoms with Crippen molar-refractivity contribution in [3.05, 3.63) is 84.9 Å². The number of carbonyl (C=O) groups excluding carboxylic acids is 1. The Labute approximate surface area is 154 Å². The van der Waals surface area contributed by atoms with Crippen molar-refractivity contribution in [2.45, 2.75) is 19.9 Å². The molecule has 0 atom stereocenters. The van der Waals surface area contributed by atoms with Crippen LogP contribution in [0.5, 0.6) is 0 Å². The van der Waals surface area contributed by atoms with Crippen LogP contribution in [-0.4, -0.2) is 12.1 Å². The Morgan fingerprint density at radius 3 is 1.69 bits per heavy atom. The highest BCUT2D eigenvalue weighted by atomic mass is 16.2. The molecule has 26 heavy (non-hydrogen) atoms. The summed E-state index contributed by atoms with van der Waals surface area (Å²) in [6, 6.07) is 27.6. The van der Waals surface area contributed by atoms with Crippen LogP contribution in [-0.2, 0) is 0 Å². The van der Waals surface area contributed by atoms with E-state index < -0.39 is 0 Å². The summed E-state index contributed by atoms with van der Waals surface area (Å²) in [5.74, 6) is 0. The molecule has 0 saturated carbocycles. The van der Waals surface area contributed by atoms with Gasteiger partial charge in [0.25, 0.3) is 0 Å². The van der Waals surface area contributed by atoms with Gasteiger partial charge in [-0.05, 0) is 62.4 Å². The molecule has 0 aliphatic heterocycles. The first kappa shape index (κ1) is 17.5. The van der Waals surface area contributed by atoms with Gasteiger partial charge in [0.2, 0.25) is 0 Å². The number of anilines is 4. The minimum atomic E-state index is -0.257. The first-order valence-electron chi connectivity index (χ1n) is 8.71. The highest BCUT2D eigenvalue weighted by Crippen LogP contribution is 2.28. The van der Waals surface area contributed by atoms with E-state index >= 15 is 0 Å². The third kappa shape index (κ3) is 4.42. The summed E-state index contributed by atoms with van der Waals surface area (Å²) in [6.07, 6.45) is 0. The van der Waals surface area contributed by atoms with Crippen LogP contribution >= 0.6 is 0 Å². The topological polar surface area (TPSA) is 44.4 Å². The Hall–Kier alpha value is -3.27. The Morgan fingerprint density at radius 1 is 0.692 bits per heavy atom. The molecule has 0 aliphatic carbocycles. The fraction of sp³-hybridized carbons (Fsp3) is 0.136. The van der Waals surface area contributed by atoms with Crippen molar-refractivity contribution < 1.29 is 4.79 Å². The molecule has 4 nitrogen and oxygen atoms in total. The standard InChI is InChI=1S/C22H23N3O/c1-17(2)25(20-11-7-4-8-12-20)21-15-13-19(14-16-21)24-22(26)23-18-9-5-3-6-10-18/h3-17H,1-2H3,(H2,23,24,26). The quantitative estimate of drug-likeness (QED) is 0.607. The van der Waals surface area contributed by atoms with Gasteiger partial charge in [-0.1, -0.05) is 36.4 Å². The molecular formula is C22H23N3O. The summed E-state index contributed by atoms with van der Waals surface area (Å²) in [5.41, 5.74) is 3.74. The van der Waals surface area contributed by atoms with Gasteiger partial charge in [0.1, 0.15) is 0 Å². The molecular weight excluding hydrogens is 322 g/mol. The molecule has 3 aromatic carbocycles. The minimum Gasteiger partial charge on any atom is -0.339 e. The largest absolute Gasteiger partial charge is 0.339 e. The molecule has 0 fully saturated rings. The summed E-state index contributed by atoms with van der Waals surface area (Å²) in [4.78, 5) is 14.4. The fourth-order valence-electron chi connectivity index (χ4n) is 2.85. The average molecular weight is 345 g/mol. The maximum Gasteiger partial charge on any atom is 0.323 e. The van der Waals surface area contributed by atoms with E-state index in [9.17, 15) is 4.79 Å². The lowest BCUT2D eigenvalue weighted by Gasteiger charge is -2.29. The molecule has 0 aromatic heterocycles. The van der Waals surface area contributed by atoms with Crippen molar-refractivity contribution >= 4 is 28.8 Å². The minimum absolute atomic E-state index is 0.257. The van der Waals surface area contributed by atoms with E-state index in [1.54, 1.807) is 0 Å². The second kappa shape index (κ2) is 8.21. The van der Waals surface area contributed by atoms with E-state index in [-0.39, 0.29) is 6.03 Å². The Morgan fingerprint density at radius 2 is 1.15 bits per heavy atom. The predicted molar refractivity (Wildman–Crippen MR) is 109 cm³/mol. The lowest BCUT2D eigenvalue weighted by atomic mass is 10.2. The van der Waals surface area contributed by atoms with Crippen molar-refractivity contribution in [2.24, 2.45) is 0 Å². The maximum atomic E-state index is 12.1. The van der Waals surface area contributed by atoms with Crippen molar-refractivity contribution in [3.63, 3.8) is 0 Å². The molecule has 0 unspecified atom stereocenters. The molecule has 0 radical (unpaired) electrons. The monoisotopic (exact) mass is 345 g/mol. The number of hydrogen-bond acceptors (Lipinski definition) is 2. The first-order valence-corrected chi connectivity index (χ1v) is 8.71. The van der Waals surface area contributed by atoms with Gasteiger partial charge in [-0.15, -0.1) is 0 Å². The van der Waals surface area contributed by atoms with Crippen molar-refractivity contribution in [1.29, 1.82) is 0 Å². The zero-order valence-electron chi connectivity index (χ0n) is 15.0. The van der Waals surface area contributed by atoms with E-state index in [0.29, 0.717) is 6.04 Å². The lowest BCUT2D eigenvalue weighted by Crippen LogP contribution is -2.25. The molecule has 4 heteroatoms. The number of benzene rings is 3. The zero-order chi connectivity index (χ0) is 18.4. The molecule has 0 heterocycles. The summed E-state index contributed by atoms with van der Waals surface area (Å²) >= 11 is 0. The van der Waals surface area contributed by atoms with Crippen LogP contribution in [0.4, 0.5) is 27.5 Å². The molecule has 132 valence electrons. The van der Waals surface area contributed by atoms with Gasteiger partial charge in [0.15, 0.2) is 0 Å². The lowest BCUT2D eigenvalue weighted by molar-refractivity contribution is 0.262. The maximum absolute atomic E-state index is 12.1. The van der Waals surface area contributed by atoms with Crippen LogP contribution in [0.25, 0.3) is 0 Å². The van der Waals surface area contributed by atoms with E-state index in [1.807, 2.05) is 72.8 Å². The molecule has 2 N–H and O–H groups in total. The van der Waals surface area contributed by atoms with Crippen LogP contribution in [0.2, 0.25) is 0 Å². The molecule has 0 saturated heterocycles. The Balaban J connectivity index is 1.70. The van der Waals surface area contributed by atoms with Crippen LogP contribution in [0.1, 0.15) is 13.8 Å². The number of para-hydroxylation sites is 2. The van der Waals surface area contributed by atoms with Crippen LogP contribution in [0, 0.1) is 0 Å². The number of rotatable bonds is 5. The van der Waals surface area contributed by atoms with Gasteiger partial charge in [-0.2, -0.15) is 0 Å². The number of amides is 2. The zero-order valence-corrected chi connectivity index (χ0v) is 15.0. The third-order valence-corrected chi connectivity index (χ3v) is 3.99. The number of urea groups is 1. The third-order valence-electron chi connectivity index (χ3n) is 3.99. The summed E-state index contributed by atoms with van der Waals surface area (Å²) in [7, 11) is 0. The second-order valence-corrected chi connectivity index (χ2v) is 6.29. The van der Waals surface area contributed by atoms with E-state index in [1.165, 1.54) is 0 Å². The number of nitrogens with zero attached hydrogens (tertiary/aromatic N) is 1. The van der Waals surface area contributed by atoms with Gasteiger partial charge in [-0.25, -0.2) is 4.79 Å². The van der Waals surface area contributed by atoms with E-state index in [2.05, 4.69) is 41.5 Å². The van der Waals surface area contributed by atoms with Crippen molar-refractivity contribution in [1.82, 2.24) is 0 Å². The van der Waals surface area contributed by atoms with Gasteiger partial charge >= 0.3 is 6.03 Å². The summed E-state index contributed by atoms with van der Waals surface area (Å²) in [6.45, 7) is 4.32. The molecule has 0 aliphatic rings. The molecule has 0 spiro atoms. The highest BCUT2D eigenvalue weighted by molar-refractivity contribution is 5.99. The van der Waals surface area contributed by atoms with Gasteiger partial charge in [0.05, 0.1) is 0 Å². The van der Waals surface area contributed by atoms with Crippen LogP contribution < -0.4 is 15.5 Å². The molecule has 2 amide bonds. The Kier molecular flexibility index (Phi) is 5.54. The fourth-order valence-corrected chi connectivity index (χ4v) is 2.85. The SMILES string of the molecule is CC(C)N(c1ccccc1)c1ccc(NC(=O)Nc2ccccc2)cc1. The first-order chi connectivity index (χ1) is 12.6. The van der Waals surface area contributed by atoms with Gasteiger partial charge in [0, 0.05) is 28.8 Å². The highest BCUT2D eigenvalue weighted by Gasteiger charge is 2.13. The Bertz CT molecular complexity index is 830. The molecule has 3 rings (SSSR count). The predicted octanol–water partition coefficient (Wildman–Crippen LogP) is 5.88. The summed E-state index contributed by atoms with van der Waals surface area (Å²) in [5, 5.41) is 5.67. The van der Waals surface area contributed by atoms with Crippen LogP contribution in [0.3, 0.4) is 0 Å². The normalized spacial score (nSPS) is 10.4. The number of nitrogens with one attached hydrogen (secondary N) is 2. The van der Waals surface area contributed by atoms with E-state index in [0.717, 1.165) is 22.7 Å². The second-order valence-electron chi connectivity index (χ2n) is 6.29. The average Bonchev–Trinajstić information content (AvgIpc) is 2.65. The number of carbonyl (C=O) groups is 1. The van der Waals surface area contributed by atoms with Crippen molar-refractivity contribution in [2.75, 3.05) is 15.5 Å². The summed E-state index contributed by atoms with van der Waals surface area (Å²) < 4.78 is 0. The van der Waals surface area contributed by atoms with Crippen molar-refractivity contribution in [3.8, 4) is 0 Å². The smallest absolute Gasteiger partial charge is 0.323 e. The molecule has 0 bridgehead atoms. The van der Waals surface area contributed by atoms with E-state index in [4.69, 9.17) is 0 Å². The van der Waals surface area contributed by atoms with Gasteiger partial charge in [-0.3, -0.25) is 0 Å². The molecule has 3 aromatic rings.